The topological polar surface area (TPSA) is 58.6 Å². The maximum Gasteiger partial charge on any atom is 0.325 e. The lowest BCUT2D eigenvalue weighted by Crippen LogP contribution is -2.62. The Labute approximate surface area is 120 Å². The van der Waals surface area contributed by atoms with Gasteiger partial charge in [-0.25, -0.2) is 0 Å². The van der Waals surface area contributed by atoms with E-state index < -0.39 is 12.0 Å². The molecule has 3 unspecified atom stereocenters. The lowest BCUT2D eigenvalue weighted by atomic mass is 9.64. The third-order valence-electron chi connectivity index (χ3n) is 4.29. The molecule has 110 valence electrons. The van der Waals surface area contributed by atoms with E-state index in [-0.39, 0.29) is 17.6 Å². The number of benzene rings is 1. The van der Waals surface area contributed by atoms with Crippen LogP contribution in [-0.2, 0) is 9.53 Å². The van der Waals surface area contributed by atoms with Crippen LogP contribution in [0.1, 0.15) is 38.8 Å². The van der Waals surface area contributed by atoms with E-state index in [9.17, 15) is 9.90 Å². The van der Waals surface area contributed by atoms with Crippen LogP contribution in [0.5, 0.6) is 0 Å². The summed E-state index contributed by atoms with van der Waals surface area (Å²) >= 11 is 0. The fourth-order valence-corrected chi connectivity index (χ4v) is 2.81. The third kappa shape index (κ3) is 2.86. The molecule has 0 radical (unpaired) electrons. The molecule has 1 fully saturated rings. The molecule has 0 heterocycles. The molecule has 0 amide bonds. The monoisotopic (exact) mass is 277 g/mol. The number of hydrogen-bond donors (Lipinski definition) is 2. The molecular formula is C16H23NO3. The largest absolute Gasteiger partial charge is 0.480 e. The van der Waals surface area contributed by atoms with Gasteiger partial charge in [-0.05, 0) is 18.9 Å². The third-order valence-corrected chi connectivity index (χ3v) is 4.29. The summed E-state index contributed by atoms with van der Waals surface area (Å²) in [5, 5.41) is 12.7. The Balaban J connectivity index is 2.06. The van der Waals surface area contributed by atoms with E-state index in [1.807, 2.05) is 37.3 Å². The number of ether oxygens (including phenoxy) is 1. The van der Waals surface area contributed by atoms with Gasteiger partial charge in [0.1, 0.15) is 6.04 Å². The van der Waals surface area contributed by atoms with Crippen molar-refractivity contribution >= 4 is 5.97 Å². The Kier molecular flexibility index (Phi) is 4.45. The number of aliphatic carboxylic acids is 1. The molecule has 2 rings (SSSR count). The van der Waals surface area contributed by atoms with Gasteiger partial charge in [0.2, 0.25) is 0 Å². The zero-order valence-corrected chi connectivity index (χ0v) is 12.3. The van der Waals surface area contributed by atoms with Crippen molar-refractivity contribution in [3.8, 4) is 0 Å². The highest BCUT2D eigenvalue weighted by Crippen LogP contribution is 2.43. The number of carbonyl (C=O) groups is 1. The summed E-state index contributed by atoms with van der Waals surface area (Å²) in [4.78, 5) is 11.5. The summed E-state index contributed by atoms with van der Waals surface area (Å²) in [6.07, 6.45) is 1.06. The average molecular weight is 277 g/mol. The van der Waals surface area contributed by atoms with Crippen molar-refractivity contribution in [1.29, 1.82) is 0 Å². The van der Waals surface area contributed by atoms with E-state index >= 15 is 0 Å². The van der Waals surface area contributed by atoms with Gasteiger partial charge in [0.15, 0.2) is 0 Å². The normalized spacial score (nSPS) is 25.8. The number of rotatable bonds is 6. The summed E-state index contributed by atoms with van der Waals surface area (Å²) in [5.74, 6) is -0.841. The first-order chi connectivity index (χ1) is 9.46. The Morgan fingerprint density at radius 3 is 2.60 bits per heavy atom. The van der Waals surface area contributed by atoms with Crippen LogP contribution in [0.25, 0.3) is 0 Å². The van der Waals surface area contributed by atoms with Gasteiger partial charge in [0.25, 0.3) is 0 Å². The smallest absolute Gasteiger partial charge is 0.325 e. The minimum atomic E-state index is -0.841. The Morgan fingerprint density at radius 1 is 1.45 bits per heavy atom. The molecule has 1 aromatic carbocycles. The fourth-order valence-electron chi connectivity index (χ4n) is 2.81. The second-order valence-corrected chi connectivity index (χ2v) is 5.90. The van der Waals surface area contributed by atoms with Crippen molar-refractivity contribution < 1.29 is 14.6 Å². The van der Waals surface area contributed by atoms with E-state index in [2.05, 4.69) is 19.2 Å². The van der Waals surface area contributed by atoms with Gasteiger partial charge in [0.05, 0.1) is 6.10 Å². The van der Waals surface area contributed by atoms with E-state index in [1.54, 1.807) is 0 Å². The van der Waals surface area contributed by atoms with Crippen LogP contribution in [0, 0.1) is 5.41 Å². The Hall–Kier alpha value is -1.39. The molecule has 3 atom stereocenters. The Bertz CT molecular complexity index is 458. The van der Waals surface area contributed by atoms with Crippen molar-refractivity contribution in [3.05, 3.63) is 35.9 Å². The summed E-state index contributed by atoms with van der Waals surface area (Å²) in [5.41, 5.74) is 0.744. The highest BCUT2D eigenvalue weighted by molar-refractivity contribution is 5.75. The zero-order valence-electron chi connectivity index (χ0n) is 12.3. The number of hydrogen-bond acceptors (Lipinski definition) is 3. The van der Waals surface area contributed by atoms with Gasteiger partial charge in [-0.1, -0.05) is 44.2 Å². The second kappa shape index (κ2) is 5.94. The molecule has 0 aliphatic heterocycles. The molecular weight excluding hydrogens is 254 g/mol. The van der Waals surface area contributed by atoms with E-state index in [4.69, 9.17) is 4.74 Å². The maximum atomic E-state index is 11.5. The molecule has 1 aliphatic rings. The van der Waals surface area contributed by atoms with Gasteiger partial charge in [-0.2, -0.15) is 0 Å². The summed E-state index contributed by atoms with van der Waals surface area (Å²) < 4.78 is 5.68. The molecule has 1 saturated carbocycles. The standard InChI is InChI=1S/C16H23NO3/c1-4-20-13-10-12(16(13,2)3)17-14(15(18)19)11-8-6-5-7-9-11/h5-9,12-14,17H,4,10H2,1-3H3,(H,18,19). The predicted octanol–water partition coefficient (Wildman–Crippen LogP) is 2.61. The van der Waals surface area contributed by atoms with Gasteiger partial charge >= 0.3 is 5.97 Å². The van der Waals surface area contributed by atoms with Crippen molar-refractivity contribution in [3.63, 3.8) is 0 Å². The molecule has 0 spiro atoms. The van der Waals surface area contributed by atoms with Crippen molar-refractivity contribution in [2.75, 3.05) is 6.61 Å². The lowest BCUT2D eigenvalue weighted by molar-refractivity contribution is -0.144. The molecule has 4 heteroatoms. The molecule has 0 aromatic heterocycles. The minimum Gasteiger partial charge on any atom is -0.480 e. The number of carboxylic acid groups (broad SMARTS) is 1. The highest BCUT2D eigenvalue weighted by atomic mass is 16.5. The van der Waals surface area contributed by atoms with Crippen LogP contribution >= 0.6 is 0 Å². The molecule has 1 aromatic rings. The van der Waals surface area contributed by atoms with E-state index in [0.29, 0.717) is 6.61 Å². The van der Waals surface area contributed by atoms with Gasteiger partial charge in [-0.15, -0.1) is 0 Å². The quantitative estimate of drug-likeness (QED) is 0.839. The van der Waals surface area contributed by atoms with Crippen LogP contribution < -0.4 is 5.32 Å². The summed E-state index contributed by atoms with van der Waals surface area (Å²) in [6, 6.07) is 8.79. The molecule has 2 N–H and O–H groups in total. The van der Waals surface area contributed by atoms with Gasteiger partial charge in [-0.3, -0.25) is 10.1 Å². The molecule has 1 aliphatic carbocycles. The predicted molar refractivity (Wildman–Crippen MR) is 77.6 cm³/mol. The molecule has 4 nitrogen and oxygen atoms in total. The summed E-state index contributed by atoms with van der Waals surface area (Å²) in [6.45, 7) is 6.93. The molecule has 0 bridgehead atoms. The van der Waals surface area contributed by atoms with Crippen molar-refractivity contribution in [1.82, 2.24) is 5.32 Å². The number of carboxylic acids is 1. The first-order valence-corrected chi connectivity index (χ1v) is 7.12. The first-order valence-electron chi connectivity index (χ1n) is 7.12. The minimum absolute atomic E-state index is 0.0432. The fraction of sp³-hybridized carbons (Fsp3) is 0.562. The van der Waals surface area contributed by atoms with Crippen molar-refractivity contribution in [2.45, 2.75) is 45.4 Å². The van der Waals surface area contributed by atoms with E-state index in [1.165, 1.54) is 0 Å². The summed E-state index contributed by atoms with van der Waals surface area (Å²) in [7, 11) is 0. The van der Waals surface area contributed by atoms with Crippen LogP contribution in [-0.4, -0.2) is 29.8 Å². The van der Waals surface area contributed by atoms with Crippen LogP contribution in [0.3, 0.4) is 0 Å². The van der Waals surface area contributed by atoms with Crippen LogP contribution in [0.15, 0.2) is 30.3 Å². The zero-order chi connectivity index (χ0) is 14.8. The van der Waals surface area contributed by atoms with Crippen LogP contribution in [0.4, 0.5) is 0 Å². The molecule has 0 saturated heterocycles. The van der Waals surface area contributed by atoms with E-state index in [0.717, 1.165) is 12.0 Å². The average Bonchev–Trinajstić information content (AvgIpc) is 2.42. The Morgan fingerprint density at radius 2 is 2.10 bits per heavy atom. The molecule has 20 heavy (non-hydrogen) atoms. The van der Waals surface area contributed by atoms with Crippen molar-refractivity contribution in [2.24, 2.45) is 5.41 Å². The van der Waals surface area contributed by atoms with Gasteiger partial charge in [0, 0.05) is 18.1 Å². The SMILES string of the molecule is CCOC1CC(NC(C(=O)O)c2ccccc2)C1(C)C. The first kappa shape index (κ1) is 15.0. The van der Waals surface area contributed by atoms with Gasteiger partial charge < -0.3 is 9.84 Å². The lowest BCUT2D eigenvalue weighted by Gasteiger charge is -2.52. The number of nitrogens with one attached hydrogen (secondary N) is 1. The highest BCUT2D eigenvalue weighted by Gasteiger charge is 2.49. The van der Waals surface area contributed by atoms with Crippen LogP contribution in [0.2, 0.25) is 0 Å². The second-order valence-electron chi connectivity index (χ2n) is 5.90. The maximum absolute atomic E-state index is 11.5.